The molecule has 9 heterocycles. The van der Waals surface area contributed by atoms with Crippen LogP contribution in [0.15, 0.2) is 56.0 Å². The van der Waals surface area contributed by atoms with E-state index in [-0.39, 0.29) is 127 Å². The number of nitrogens with two attached hydrogens (primary N) is 2. The predicted molar refractivity (Wildman–Crippen MR) is 347 cm³/mol. The Kier molecular flexibility index (Phi) is 22.1. The van der Waals surface area contributed by atoms with Crippen LogP contribution in [0, 0.1) is 53.4 Å². The molecule has 3 aliphatic heterocycles. The number of hydrogen-bond donors (Lipinski definition) is 9. The number of amides is 5. The topological polar surface area (TPSA) is 395 Å². The number of carbonyl (C=O) groups excluding carboxylic acids is 5. The van der Waals surface area contributed by atoms with Gasteiger partial charge < -0.3 is 54.2 Å². The molecular weight excluding hydrogens is 1300 g/mol. The minimum atomic E-state index is -0.645. The first-order valence-electron chi connectivity index (χ1n) is 30.6. The fraction of sp³-hybridized carbons (Fsp3) is 0.484. The Morgan fingerprint density at radius 2 is 0.783 bits per heavy atom. The van der Waals surface area contributed by atoms with E-state index in [4.69, 9.17) is 11.5 Å². The van der Waals surface area contributed by atoms with E-state index in [0.29, 0.717) is 79.0 Å². The van der Waals surface area contributed by atoms with Gasteiger partial charge in [-0.25, -0.2) is 29.9 Å². The molecule has 5 aliphatic carbocycles. The maximum atomic E-state index is 13.5. The number of halogens is 2. The summed E-state index contributed by atoms with van der Waals surface area (Å²) in [5.41, 5.74) is 15.7. The number of nitrogens with one attached hydrogen (secondary N) is 7. The zero-order chi connectivity index (χ0) is 63.3. The van der Waals surface area contributed by atoms with E-state index in [0.717, 1.165) is 138 Å². The van der Waals surface area contributed by atoms with Crippen molar-refractivity contribution < 1.29 is 80.8 Å². The summed E-state index contributed by atoms with van der Waals surface area (Å²) in [6.45, 7) is 10.9. The maximum absolute atomic E-state index is 13.5. The number of nitrogens with zero attached hydrogens (tertiary/aromatic N) is 9. The molecule has 92 heavy (non-hydrogen) atoms. The summed E-state index contributed by atoms with van der Waals surface area (Å²) in [5.74, 6) is 2.43. The van der Waals surface area contributed by atoms with E-state index >= 15 is 0 Å². The summed E-state index contributed by atoms with van der Waals surface area (Å²) in [6.07, 6.45) is 22.0. The molecule has 5 amide bonds. The molecule has 0 radical (unpaired) electrons. The molecule has 0 bridgehead atoms. The van der Waals surface area contributed by atoms with Crippen molar-refractivity contribution in [1.82, 2.24) is 59.6 Å². The van der Waals surface area contributed by atoms with Gasteiger partial charge >= 0.3 is 51.4 Å². The van der Waals surface area contributed by atoms with Crippen LogP contribution in [0.5, 0.6) is 0 Å². The molecule has 484 valence electrons. The van der Waals surface area contributed by atoms with Crippen LogP contribution in [0.25, 0.3) is 0 Å². The van der Waals surface area contributed by atoms with Crippen LogP contribution in [-0.2, 0) is 26.6 Å². The Hall–Kier alpha value is -6.99. The van der Waals surface area contributed by atoms with Gasteiger partial charge in [0.25, 0.3) is 34.4 Å². The molecule has 0 unspecified atom stereocenters. The Bertz CT molecular complexity index is 4080. The van der Waals surface area contributed by atoms with Gasteiger partial charge in [0.1, 0.15) is 99.3 Å². The first-order chi connectivity index (χ1) is 42.6. The van der Waals surface area contributed by atoms with Gasteiger partial charge in [-0.3, -0.25) is 52.1 Å². The number of anilines is 8. The Morgan fingerprint density at radius 1 is 0.478 bits per heavy atom. The zero-order valence-electron chi connectivity index (χ0n) is 52.7. The number of carbonyl (C=O) groups is 5. The maximum Gasteiger partial charge on any atom is 1.00 e. The Labute approximate surface area is 587 Å². The number of aryl methyl sites for hydroxylation is 3. The van der Waals surface area contributed by atoms with Gasteiger partial charge in [-0.15, -0.1) is 12.4 Å². The minimum absolute atomic E-state index is 0. The number of fused-ring (bicyclic) bond motifs is 6. The van der Waals surface area contributed by atoms with Gasteiger partial charge in [0, 0.05) is 28.5 Å². The zero-order valence-corrected chi connectivity index (χ0v) is 58.3. The van der Waals surface area contributed by atoms with Crippen molar-refractivity contribution in [2.75, 3.05) is 32.7 Å². The first kappa shape index (κ1) is 70.9. The smallest absolute Gasteiger partial charge is 0.870 e. The largest absolute Gasteiger partial charge is 1.00 e. The van der Waals surface area contributed by atoms with Gasteiger partial charge in [0.15, 0.2) is 0 Å². The summed E-state index contributed by atoms with van der Waals surface area (Å²) >= 11 is 3.30. The van der Waals surface area contributed by atoms with Crippen molar-refractivity contribution in [3.63, 3.8) is 0 Å². The number of nitrogen functional groups attached to an aromatic ring is 2. The van der Waals surface area contributed by atoms with Crippen LogP contribution >= 0.6 is 28.3 Å². The molecule has 0 saturated heterocycles. The van der Waals surface area contributed by atoms with Gasteiger partial charge in [-0.1, -0.05) is 19.3 Å². The molecule has 6 aromatic rings. The number of pyridine rings is 3. The third-order valence-corrected chi connectivity index (χ3v) is 18.9. The minimum Gasteiger partial charge on any atom is -0.870 e. The molecule has 3 spiro atoms. The standard InChI is InChI=1S/C22H26N6O3.C18H22N6O2.C13H15BrN2O2.C9H12N4O.ClH.K.H2O/c1-12-10-15(21(31)28-16(12)20(30)27-22(28)8-4-3-5-9-22)25-17-13(2)18(24-11-23-17)26-19(29)14-6-7-14;1-10-8-12(22-15-11(2)14(19)20-9-21-15)17(26)24-13(10)16(25)23-18(24)6-4-3-5-7-18;1-8-7-9(14)12(18)16-10(8)11(17)15-13(16)5-3-2-4-6-13;1-5-7(10)11-4-12-8(5)13-9(14)6-2-3-6;;;/h10-11,14H,3-9H2,1-2H3,(H,27,30)(H2,23,24,25,26,29);8-9H,3-7H2,1-2H3,(H,23,25)(H3,19,20,21,22);7H,2-6H2,1H3,(H,15,17);4,6H,2-3H2,1H3,(H3,10,11,12,13,14);1H;;1H2/q;;;;;+1;/p-1. The van der Waals surface area contributed by atoms with Gasteiger partial charge in [0.2, 0.25) is 11.8 Å². The number of hydrogen-bond acceptors (Lipinski definition) is 19. The van der Waals surface area contributed by atoms with Crippen molar-refractivity contribution in [2.45, 2.75) is 181 Å². The van der Waals surface area contributed by atoms with Crippen LogP contribution < -0.4 is 117 Å². The summed E-state index contributed by atoms with van der Waals surface area (Å²) in [4.78, 5) is 124. The molecule has 0 aromatic carbocycles. The molecular formula is C62H77BrClKN18O9. The second kappa shape index (κ2) is 28.7. The van der Waals surface area contributed by atoms with E-state index < -0.39 is 17.0 Å². The van der Waals surface area contributed by atoms with Crippen LogP contribution in [-0.4, -0.2) is 78.6 Å². The molecule has 6 aromatic heterocycles. The molecule has 0 atom stereocenters. The van der Waals surface area contributed by atoms with E-state index in [1.807, 2.05) is 20.8 Å². The van der Waals surface area contributed by atoms with Crippen molar-refractivity contribution in [2.24, 2.45) is 11.8 Å². The normalized spacial score (nSPS) is 17.9. The molecule has 30 heteroatoms. The summed E-state index contributed by atoms with van der Waals surface area (Å²) in [6, 6.07) is 5.13. The molecule has 12 N–H and O–H groups in total. The van der Waals surface area contributed by atoms with Crippen molar-refractivity contribution in [3.05, 3.63) is 123 Å². The summed E-state index contributed by atoms with van der Waals surface area (Å²) in [7, 11) is 0. The number of aromatic nitrogens is 9. The average molecular weight is 1370 g/mol. The van der Waals surface area contributed by atoms with E-state index in [9.17, 15) is 38.4 Å². The third kappa shape index (κ3) is 14.0. The van der Waals surface area contributed by atoms with Crippen molar-refractivity contribution >= 4 is 104 Å². The van der Waals surface area contributed by atoms with E-state index in [2.05, 4.69) is 83.1 Å². The SMILES string of the molecule is Cc1c(N)ncnc1NC(=O)C1CC1.Cc1cc(Br)c(=O)n2c1C(=O)NC21CCCCC1.Cc1cc(Nc2ncnc(N)c2C)c(=O)n2c1C(=O)NC21CCCCC1.Cc1cc(Nc2ncnc(NC(=O)C3CC3)c2C)c(=O)n2c1C(=O)NC21CCCCC1.Cl.[K+].[OH-]. The van der Waals surface area contributed by atoms with Crippen molar-refractivity contribution in [3.8, 4) is 0 Å². The summed E-state index contributed by atoms with van der Waals surface area (Å²) < 4.78 is 5.53. The quantitative estimate of drug-likeness (QED) is 0.0915. The van der Waals surface area contributed by atoms with Crippen LogP contribution in [0.4, 0.5) is 46.3 Å². The van der Waals surface area contributed by atoms with E-state index in [1.165, 1.54) is 25.4 Å². The Balaban J connectivity index is 0.000000162. The van der Waals surface area contributed by atoms with Crippen LogP contribution in [0.3, 0.4) is 0 Å². The third-order valence-electron chi connectivity index (χ3n) is 18.4. The predicted octanol–water partition coefficient (Wildman–Crippen LogP) is 4.89. The average Bonchev–Trinajstić information content (AvgIpc) is 1.57. The second-order valence-corrected chi connectivity index (χ2v) is 25.6. The second-order valence-electron chi connectivity index (χ2n) is 24.7. The fourth-order valence-electron chi connectivity index (χ4n) is 13.1. The van der Waals surface area contributed by atoms with Crippen LogP contribution in [0.1, 0.15) is 187 Å². The molecule has 14 rings (SSSR count). The Morgan fingerprint density at radius 3 is 1.15 bits per heavy atom. The summed E-state index contributed by atoms with van der Waals surface area (Å²) in [5, 5.41) is 21.0. The first-order valence-corrected chi connectivity index (χ1v) is 31.4. The molecule has 5 saturated carbocycles. The van der Waals surface area contributed by atoms with Gasteiger partial charge in [-0.2, -0.15) is 0 Å². The molecule has 27 nitrogen and oxygen atoms in total. The fourth-order valence-corrected chi connectivity index (χ4v) is 13.7. The van der Waals surface area contributed by atoms with Crippen molar-refractivity contribution in [1.29, 1.82) is 0 Å². The monoisotopic (exact) mass is 1370 g/mol. The molecule has 8 aliphatic rings. The van der Waals surface area contributed by atoms with Gasteiger partial charge in [0.05, 0.1) is 4.47 Å². The van der Waals surface area contributed by atoms with Gasteiger partial charge in [-0.05, 0) is 195 Å². The van der Waals surface area contributed by atoms with Crippen LogP contribution in [0.2, 0.25) is 0 Å². The van der Waals surface area contributed by atoms with E-state index in [1.54, 1.807) is 52.7 Å². The number of rotatable bonds is 8. The molecule has 5 fully saturated rings.